The van der Waals surface area contributed by atoms with Gasteiger partial charge in [0.15, 0.2) is 5.69 Å². The number of H-pyrrole nitrogens is 1. The van der Waals surface area contributed by atoms with Gasteiger partial charge in [-0.15, -0.1) is 5.10 Å². The fraction of sp³-hybridized carbons (Fsp3) is 0.211. The molecule has 0 saturated carbocycles. The number of hydrogen-bond donors (Lipinski definition) is 1. The predicted molar refractivity (Wildman–Crippen MR) is 92.2 cm³/mol. The number of nitriles is 1. The van der Waals surface area contributed by atoms with Gasteiger partial charge in [0.1, 0.15) is 17.5 Å². The van der Waals surface area contributed by atoms with Crippen molar-refractivity contribution in [2.45, 2.75) is 18.8 Å². The largest absolute Gasteiger partial charge is 0.493 e. The van der Waals surface area contributed by atoms with E-state index in [0.29, 0.717) is 23.4 Å². The van der Waals surface area contributed by atoms with Gasteiger partial charge in [-0.1, -0.05) is 12.1 Å². The maximum atomic E-state index is 12.9. The molecule has 0 atom stereocenters. The lowest BCUT2D eigenvalue weighted by Crippen LogP contribution is -2.12. The quantitative estimate of drug-likeness (QED) is 0.583. The van der Waals surface area contributed by atoms with Crippen molar-refractivity contribution < 1.29 is 31.1 Å². The van der Waals surface area contributed by atoms with Crippen LogP contribution < -0.4 is 4.74 Å². The van der Waals surface area contributed by atoms with Crippen LogP contribution in [-0.4, -0.2) is 22.0 Å². The summed E-state index contributed by atoms with van der Waals surface area (Å²) < 4.78 is 83.0. The van der Waals surface area contributed by atoms with Gasteiger partial charge < -0.3 is 4.74 Å². The third-order valence-corrected chi connectivity index (χ3v) is 4.07. The molecule has 3 aromatic rings. The highest BCUT2D eigenvalue weighted by atomic mass is 19.4. The molecule has 1 heterocycles. The minimum Gasteiger partial charge on any atom is -0.493 e. The van der Waals surface area contributed by atoms with E-state index < -0.39 is 23.5 Å². The van der Waals surface area contributed by atoms with Gasteiger partial charge in [0.2, 0.25) is 0 Å². The first-order chi connectivity index (χ1) is 14.1. The van der Waals surface area contributed by atoms with Crippen molar-refractivity contribution in [3.63, 3.8) is 0 Å². The number of benzene rings is 2. The Bertz CT molecular complexity index is 1050. The SMILES string of the molecule is N#Cc1n[nH]nc1-c1cccc(OCCc2cc(C(F)(F)F)cc(C(F)(F)F)c2)c1. The van der Waals surface area contributed by atoms with Crippen LogP contribution in [0.4, 0.5) is 26.3 Å². The fourth-order valence-electron chi connectivity index (χ4n) is 2.69. The smallest absolute Gasteiger partial charge is 0.416 e. The van der Waals surface area contributed by atoms with Crippen LogP contribution in [0.2, 0.25) is 0 Å². The van der Waals surface area contributed by atoms with E-state index in [-0.39, 0.29) is 36.0 Å². The number of nitrogens with zero attached hydrogens (tertiary/aromatic N) is 3. The van der Waals surface area contributed by atoms with Crippen molar-refractivity contribution in [1.29, 1.82) is 5.26 Å². The van der Waals surface area contributed by atoms with Crippen LogP contribution in [0.1, 0.15) is 22.4 Å². The molecule has 0 fully saturated rings. The van der Waals surface area contributed by atoms with E-state index in [1.807, 2.05) is 6.07 Å². The molecule has 2 aromatic carbocycles. The Kier molecular flexibility index (Phi) is 5.69. The van der Waals surface area contributed by atoms with Gasteiger partial charge in [-0.25, -0.2) is 0 Å². The number of aromatic amines is 1. The zero-order chi connectivity index (χ0) is 21.9. The maximum Gasteiger partial charge on any atom is 0.416 e. The molecule has 0 unspecified atom stereocenters. The molecule has 5 nitrogen and oxygen atoms in total. The zero-order valence-corrected chi connectivity index (χ0v) is 15.0. The van der Waals surface area contributed by atoms with Crippen molar-refractivity contribution in [3.05, 3.63) is 64.8 Å². The molecule has 0 radical (unpaired) electrons. The summed E-state index contributed by atoms with van der Waals surface area (Å²) >= 11 is 0. The summed E-state index contributed by atoms with van der Waals surface area (Å²) in [6.45, 7) is -0.161. The molecule has 0 aliphatic heterocycles. The number of ether oxygens (including phenoxy) is 1. The van der Waals surface area contributed by atoms with Crippen molar-refractivity contribution in [3.8, 4) is 23.1 Å². The zero-order valence-electron chi connectivity index (χ0n) is 15.0. The third kappa shape index (κ3) is 4.89. The lowest BCUT2D eigenvalue weighted by atomic mass is 10.0. The minimum absolute atomic E-state index is 0.0656. The van der Waals surface area contributed by atoms with Crippen LogP contribution in [0, 0.1) is 11.3 Å². The molecule has 0 saturated heterocycles. The van der Waals surface area contributed by atoms with Gasteiger partial charge >= 0.3 is 12.4 Å². The highest BCUT2D eigenvalue weighted by Gasteiger charge is 2.36. The van der Waals surface area contributed by atoms with Gasteiger partial charge in [-0.2, -0.15) is 41.9 Å². The van der Waals surface area contributed by atoms with Gasteiger partial charge in [-0.3, -0.25) is 0 Å². The highest BCUT2D eigenvalue weighted by molar-refractivity contribution is 5.65. The Morgan fingerprint density at radius 2 is 1.60 bits per heavy atom. The van der Waals surface area contributed by atoms with E-state index in [4.69, 9.17) is 10.00 Å². The molecular weight excluding hydrogens is 414 g/mol. The minimum atomic E-state index is -4.90. The van der Waals surface area contributed by atoms with Crippen LogP contribution in [-0.2, 0) is 18.8 Å². The summed E-state index contributed by atoms with van der Waals surface area (Å²) in [7, 11) is 0. The Balaban J connectivity index is 1.76. The van der Waals surface area contributed by atoms with Crippen molar-refractivity contribution >= 4 is 0 Å². The van der Waals surface area contributed by atoms with E-state index in [9.17, 15) is 26.3 Å². The summed E-state index contributed by atoms with van der Waals surface area (Å²) in [5, 5.41) is 18.9. The number of aromatic nitrogens is 3. The first kappa shape index (κ1) is 21.2. The van der Waals surface area contributed by atoms with Gasteiger partial charge in [0.05, 0.1) is 17.7 Å². The Hall–Kier alpha value is -3.55. The van der Waals surface area contributed by atoms with Crippen molar-refractivity contribution in [1.82, 2.24) is 15.4 Å². The second kappa shape index (κ2) is 8.06. The molecule has 30 heavy (non-hydrogen) atoms. The molecule has 1 N–H and O–H groups in total. The van der Waals surface area contributed by atoms with E-state index in [0.717, 1.165) is 0 Å². The maximum absolute atomic E-state index is 12.9. The normalized spacial score (nSPS) is 11.9. The lowest BCUT2D eigenvalue weighted by molar-refractivity contribution is -0.143. The van der Waals surface area contributed by atoms with Crippen LogP contribution >= 0.6 is 0 Å². The van der Waals surface area contributed by atoms with Crippen molar-refractivity contribution in [2.24, 2.45) is 0 Å². The molecule has 0 aliphatic carbocycles. The van der Waals surface area contributed by atoms with Crippen molar-refractivity contribution in [2.75, 3.05) is 6.61 Å². The molecular formula is C19H12F6N4O. The van der Waals surface area contributed by atoms with Crippen LogP contribution in [0.25, 0.3) is 11.3 Å². The molecule has 3 rings (SSSR count). The Morgan fingerprint density at radius 1 is 0.933 bits per heavy atom. The summed E-state index contributed by atoms with van der Waals surface area (Å²) in [5.74, 6) is 0.308. The fourth-order valence-corrected chi connectivity index (χ4v) is 2.69. The number of halogens is 6. The summed E-state index contributed by atoms with van der Waals surface area (Å²) in [6.07, 6.45) is -9.98. The Morgan fingerprint density at radius 3 is 2.20 bits per heavy atom. The molecule has 1 aromatic heterocycles. The second-order valence-electron chi connectivity index (χ2n) is 6.17. The number of nitrogens with one attached hydrogen (secondary N) is 1. The first-order valence-electron chi connectivity index (χ1n) is 8.40. The van der Waals surface area contributed by atoms with Gasteiger partial charge in [0, 0.05) is 12.0 Å². The third-order valence-electron chi connectivity index (χ3n) is 4.07. The Labute approximate surface area is 165 Å². The molecule has 156 valence electrons. The average molecular weight is 426 g/mol. The van der Waals surface area contributed by atoms with Gasteiger partial charge in [0.25, 0.3) is 0 Å². The number of rotatable bonds is 5. The second-order valence-corrected chi connectivity index (χ2v) is 6.17. The summed E-state index contributed by atoms with van der Waals surface area (Å²) in [6, 6.07) is 9.63. The topological polar surface area (TPSA) is 74.6 Å². The summed E-state index contributed by atoms with van der Waals surface area (Å²) in [4.78, 5) is 0. The van der Waals surface area contributed by atoms with Gasteiger partial charge in [-0.05, 0) is 35.9 Å². The average Bonchev–Trinajstić information content (AvgIpc) is 3.15. The standard InChI is InChI=1S/C19H12F6N4O/c20-18(21,22)13-6-11(7-14(9-13)19(23,24)25)4-5-30-15-3-1-2-12(8-15)17-16(10-26)27-29-28-17/h1-3,6-9H,4-5H2,(H,27,28,29). The van der Waals surface area contributed by atoms with Crippen LogP contribution in [0.3, 0.4) is 0 Å². The molecule has 0 amide bonds. The summed E-state index contributed by atoms with van der Waals surface area (Å²) in [5.41, 5.74) is -2.03. The first-order valence-corrected chi connectivity index (χ1v) is 8.40. The number of alkyl halides is 6. The monoisotopic (exact) mass is 426 g/mol. The van der Waals surface area contributed by atoms with E-state index in [1.165, 1.54) is 6.07 Å². The molecule has 0 spiro atoms. The molecule has 11 heteroatoms. The highest BCUT2D eigenvalue weighted by Crippen LogP contribution is 2.36. The van der Waals surface area contributed by atoms with E-state index in [2.05, 4.69) is 15.4 Å². The predicted octanol–water partition coefficient (Wildman–Crippen LogP) is 5.00. The van der Waals surface area contributed by atoms with E-state index in [1.54, 1.807) is 18.2 Å². The number of hydrogen-bond acceptors (Lipinski definition) is 4. The molecule has 0 bridgehead atoms. The molecule has 0 aliphatic rings. The van der Waals surface area contributed by atoms with E-state index >= 15 is 0 Å². The van der Waals surface area contributed by atoms with Crippen LogP contribution in [0.5, 0.6) is 5.75 Å². The van der Waals surface area contributed by atoms with Crippen LogP contribution in [0.15, 0.2) is 42.5 Å². The lowest BCUT2D eigenvalue weighted by Gasteiger charge is -2.14.